The van der Waals surface area contributed by atoms with Crippen molar-refractivity contribution in [2.24, 2.45) is 0 Å². The van der Waals surface area contributed by atoms with Crippen LogP contribution < -0.4 is 0 Å². The molecule has 1 nitrogen and oxygen atoms in total. The largest absolute Gasteiger partial charge is 0.299 e. The van der Waals surface area contributed by atoms with Crippen LogP contribution in [-0.2, 0) is 11.2 Å². The highest BCUT2D eigenvalue weighted by Gasteiger charge is 2.08. The van der Waals surface area contributed by atoms with Crippen LogP contribution in [-0.4, -0.2) is 5.78 Å². The number of hydrogen-bond donors (Lipinski definition) is 0. The highest BCUT2D eigenvalue weighted by Crippen LogP contribution is 2.21. The van der Waals surface area contributed by atoms with Gasteiger partial charge in [-0.05, 0) is 44.1 Å². The topological polar surface area (TPSA) is 17.1 Å². The Kier molecular flexibility index (Phi) is 5.19. The Labute approximate surface area is 110 Å². The van der Waals surface area contributed by atoms with E-state index in [0.717, 1.165) is 25.7 Å². The summed E-state index contributed by atoms with van der Waals surface area (Å²) in [5, 5.41) is 0. The summed E-state index contributed by atoms with van der Waals surface area (Å²) in [6.45, 7) is 0. The first-order chi connectivity index (χ1) is 8.84. The molecule has 0 saturated carbocycles. The van der Waals surface area contributed by atoms with E-state index in [-0.39, 0.29) is 0 Å². The first-order valence-electron chi connectivity index (χ1n) is 7.08. The van der Waals surface area contributed by atoms with Crippen molar-refractivity contribution >= 4 is 5.78 Å². The predicted octanol–water partition coefficient (Wildman–Crippen LogP) is 4.47. The molecule has 1 aromatic rings. The van der Waals surface area contributed by atoms with Crippen molar-refractivity contribution in [1.82, 2.24) is 0 Å². The molecule has 1 aromatic carbocycles. The number of Topliss-reactive ketones (excluding diaryl/α,β-unsaturated/α-hetero) is 1. The van der Waals surface area contributed by atoms with E-state index in [1.807, 2.05) is 6.07 Å². The summed E-state index contributed by atoms with van der Waals surface area (Å²) in [5.74, 6) is 0.416. The van der Waals surface area contributed by atoms with E-state index in [4.69, 9.17) is 0 Å². The van der Waals surface area contributed by atoms with Gasteiger partial charge in [0.1, 0.15) is 5.78 Å². The summed E-state index contributed by atoms with van der Waals surface area (Å²) in [5.41, 5.74) is 2.72. The van der Waals surface area contributed by atoms with Crippen molar-refractivity contribution in [3.63, 3.8) is 0 Å². The number of rotatable bonds is 6. The molecule has 96 valence electrons. The van der Waals surface area contributed by atoms with E-state index in [2.05, 4.69) is 30.3 Å². The average molecular weight is 242 g/mol. The summed E-state index contributed by atoms with van der Waals surface area (Å²) in [6, 6.07) is 10.4. The van der Waals surface area contributed by atoms with E-state index >= 15 is 0 Å². The van der Waals surface area contributed by atoms with E-state index in [1.54, 1.807) is 0 Å². The van der Waals surface area contributed by atoms with Crippen molar-refractivity contribution in [1.29, 1.82) is 0 Å². The molecule has 0 spiro atoms. The number of hydrogen-bond acceptors (Lipinski definition) is 1. The number of allylic oxidation sites excluding steroid dienone is 2. The maximum absolute atomic E-state index is 11.9. The zero-order valence-electron chi connectivity index (χ0n) is 11.0. The Hall–Kier alpha value is -1.37. The Morgan fingerprint density at radius 2 is 1.94 bits per heavy atom. The quantitative estimate of drug-likeness (QED) is 0.673. The number of carbonyl (C=O) groups is 1. The van der Waals surface area contributed by atoms with Crippen LogP contribution in [0.4, 0.5) is 0 Å². The van der Waals surface area contributed by atoms with Crippen LogP contribution in [0.25, 0.3) is 0 Å². The first kappa shape index (κ1) is 13.1. The summed E-state index contributed by atoms with van der Waals surface area (Å²) >= 11 is 0. The minimum Gasteiger partial charge on any atom is -0.299 e. The van der Waals surface area contributed by atoms with E-state index in [9.17, 15) is 4.79 Å². The fraction of sp³-hybridized carbons (Fsp3) is 0.471. The molecule has 18 heavy (non-hydrogen) atoms. The smallest absolute Gasteiger partial charge is 0.136 e. The van der Waals surface area contributed by atoms with Crippen molar-refractivity contribution in [3.05, 3.63) is 47.5 Å². The van der Waals surface area contributed by atoms with Crippen molar-refractivity contribution in [2.45, 2.75) is 51.4 Å². The van der Waals surface area contributed by atoms with Gasteiger partial charge in [0.15, 0.2) is 0 Å². The maximum atomic E-state index is 11.9. The monoisotopic (exact) mass is 242 g/mol. The van der Waals surface area contributed by atoms with Crippen molar-refractivity contribution in [3.8, 4) is 0 Å². The SMILES string of the molecule is O=C(CCCc1ccccc1)CC1=CCCCC1. The van der Waals surface area contributed by atoms with Gasteiger partial charge in [-0.3, -0.25) is 4.79 Å². The van der Waals surface area contributed by atoms with Crippen molar-refractivity contribution < 1.29 is 4.79 Å². The van der Waals surface area contributed by atoms with Crippen LogP contribution in [0.1, 0.15) is 50.5 Å². The van der Waals surface area contributed by atoms with Gasteiger partial charge in [0, 0.05) is 12.8 Å². The molecule has 0 bridgehead atoms. The molecule has 1 aliphatic rings. The molecule has 0 amide bonds. The van der Waals surface area contributed by atoms with Gasteiger partial charge >= 0.3 is 0 Å². The first-order valence-corrected chi connectivity index (χ1v) is 7.08. The maximum Gasteiger partial charge on any atom is 0.136 e. The number of aryl methyl sites for hydroxylation is 1. The zero-order chi connectivity index (χ0) is 12.6. The third-order valence-corrected chi connectivity index (χ3v) is 3.57. The molecule has 0 saturated heterocycles. The minimum atomic E-state index is 0.416. The molecule has 0 fully saturated rings. The second kappa shape index (κ2) is 7.15. The molecule has 0 N–H and O–H groups in total. The van der Waals surface area contributed by atoms with Gasteiger partial charge in [-0.2, -0.15) is 0 Å². The Balaban J connectivity index is 1.67. The van der Waals surface area contributed by atoms with E-state index < -0.39 is 0 Å². The lowest BCUT2D eigenvalue weighted by Gasteiger charge is -2.11. The number of benzene rings is 1. The number of carbonyl (C=O) groups excluding carboxylic acids is 1. The summed E-state index contributed by atoms with van der Waals surface area (Å²) in [7, 11) is 0. The van der Waals surface area contributed by atoms with Crippen LogP contribution in [0.2, 0.25) is 0 Å². The summed E-state index contributed by atoms with van der Waals surface area (Å²) < 4.78 is 0. The molecule has 1 heteroatoms. The molecule has 0 aromatic heterocycles. The molecule has 0 unspecified atom stereocenters. The molecule has 0 atom stereocenters. The third kappa shape index (κ3) is 4.48. The second-order valence-corrected chi connectivity index (χ2v) is 5.16. The molecule has 0 aliphatic heterocycles. The lowest BCUT2D eigenvalue weighted by molar-refractivity contribution is -0.118. The molecule has 2 rings (SSSR count). The van der Waals surface area contributed by atoms with Crippen LogP contribution in [0.15, 0.2) is 42.0 Å². The third-order valence-electron chi connectivity index (χ3n) is 3.57. The van der Waals surface area contributed by atoms with Crippen LogP contribution in [0, 0.1) is 0 Å². The van der Waals surface area contributed by atoms with Gasteiger partial charge in [0.05, 0.1) is 0 Å². The van der Waals surface area contributed by atoms with Crippen LogP contribution in [0.3, 0.4) is 0 Å². The Morgan fingerprint density at radius 1 is 1.11 bits per heavy atom. The second-order valence-electron chi connectivity index (χ2n) is 5.16. The van der Waals surface area contributed by atoms with E-state index in [0.29, 0.717) is 12.2 Å². The normalized spacial score (nSPS) is 15.2. The van der Waals surface area contributed by atoms with Gasteiger partial charge in [0.2, 0.25) is 0 Å². The highest BCUT2D eigenvalue weighted by molar-refractivity contribution is 5.80. The average Bonchev–Trinajstić information content (AvgIpc) is 2.41. The van der Waals surface area contributed by atoms with E-state index in [1.165, 1.54) is 30.4 Å². The van der Waals surface area contributed by atoms with Gasteiger partial charge in [-0.15, -0.1) is 0 Å². The fourth-order valence-corrected chi connectivity index (χ4v) is 2.54. The van der Waals surface area contributed by atoms with Crippen LogP contribution >= 0.6 is 0 Å². The zero-order valence-corrected chi connectivity index (χ0v) is 11.0. The predicted molar refractivity (Wildman–Crippen MR) is 75.6 cm³/mol. The van der Waals surface area contributed by atoms with Crippen molar-refractivity contribution in [2.75, 3.05) is 0 Å². The number of ketones is 1. The lowest BCUT2D eigenvalue weighted by Crippen LogP contribution is -2.03. The molecule has 0 heterocycles. The van der Waals surface area contributed by atoms with Gasteiger partial charge in [-0.1, -0.05) is 42.0 Å². The Bertz CT molecular complexity index is 403. The van der Waals surface area contributed by atoms with Gasteiger partial charge in [0.25, 0.3) is 0 Å². The standard InChI is InChI=1S/C17H22O/c18-17(14-16-10-5-2-6-11-16)13-7-12-15-8-3-1-4-9-15/h1,3-4,8-10H,2,5-7,11-14H2. The summed E-state index contributed by atoms with van der Waals surface area (Å²) in [4.78, 5) is 11.9. The highest BCUT2D eigenvalue weighted by atomic mass is 16.1. The molecular weight excluding hydrogens is 220 g/mol. The van der Waals surface area contributed by atoms with Crippen LogP contribution in [0.5, 0.6) is 0 Å². The Morgan fingerprint density at radius 3 is 2.67 bits per heavy atom. The van der Waals surface area contributed by atoms with Gasteiger partial charge < -0.3 is 0 Å². The fourth-order valence-electron chi connectivity index (χ4n) is 2.54. The molecule has 0 radical (unpaired) electrons. The summed E-state index contributed by atoms with van der Waals surface area (Å²) in [6.07, 6.45) is 10.6. The molecular formula is C17H22O. The lowest BCUT2D eigenvalue weighted by atomic mass is 9.94. The van der Waals surface area contributed by atoms with Gasteiger partial charge in [-0.25, -0.2) is 0 Å². The molecule has 1 aliphatic carbocycles. The minimum absolute atomic E-state index is 0.416.